The number of furan rings is 1. The van der Waals surface area contributed by atoms with Crippen LogP contribution < -0.4 is 10.2 Å². The highest BCUT2D eigenvalue weighted by molar-refractivity contribution is 7.99. The van der Waals surface area contributed by atoms with Crippen LogP contribution in [0.15, 0.2) is 28.0 Å². The van der Waals surface area contributed by atoms with Crippen molar-refractivity contribution in [1.29, 1.82) is 0 Å². The number of amides is 1. The van der Waals surface area contributed by atoms with Gasteiger partial charge >= 0.3 is 6.18 Å². The molecule has 1 N–H and O–H groups in total. The van der Waals surface area contributed by atoms with E-state index in [2.05, 4.69) is 15.1 Å². The molecule has 3 heterocycles. The smallest absolute Gasteiger partial charge is 0.405 e. The summed E-state index contributed by atoms with van der Waals surface area (Å²) in [5.74, 6) is 0.500. The minimum atomic E-state index is -4.43. The molecule has 1 amide bonds. The fraction of sp³-hybridized carbons (Fsp3) is 0.533. The molecular weight excluding hydrogens is 371 g/mol. The van der Waals surface area contributed by atoms with Gasteiger partial charge in [0, 0.05) is 13.1 Å². The predicted octanol–water partition coefficient (Wildman–Crippen LogP) is 2.29. The zero-order chi connectivity index (χ0) is 18.6. The number of carbonyl (C=O) groups is 1. The van der Waals surface area contributed by atoms with Gasteiger partial charge in [0.2, 0.25) is 11.9 Å². The van der Waals surface area contributed by atoms with E-state index in [9.17, 15) is 18.0 Å². The first kappa shape index (κ1) is 18.6. The summed E-state index contributed by atoms with van der Waals surface area (Å²) in [6, 6.07) is 3.59. The Labute approximate surface area is 151 Å². The van der Waals surface area contributed by atoms with Crippen molar-refractivity contribution < 1.29 is 22.4 Å². The molecule has 142 valence electrons. The molecule has 1 fully saturated rings. The molecule has 2 aromatic rings. The maximum Gasteiger partial charge on any atom is 0.405 e. The van der Waals surface area contributed by atoms with E-state index in [1.807, 2.05) is 16.0 Å². The van der Waals surface area contributed by atoms with Gasteiger partial charge in [-0.1, -0.05) is 11.8 Å². The van der Waals surface area contributed by atoms with Gasteiger partial charge in [0.25, 0.3) is 0 Å². The SMILES string of the molecule is O=C(CSc1nnc(N2CCCC2)n1Cc1ccco1)NCC(F)(F)F. The number of rotatable bonds is 7. The summed E-state index contributed by atoms with van der Waals surface area (Å²) >= 11 is 1.05. The fourth-order valence-electron chi connectivity index (χ4n) is 2.62. The van der Waals surface area contributed by atoms with E-state index in [1.165, 1.54) is 0 Å². The molecule has 7 nitrogen and oxygen atoms in total. The maximum atomic E-state index is 12.2. The average Bonchev–Trinajstić information content (AvgIpc) is 3.32. The van der Waals surface area contributed by atoms with Gasteiger partial charge in [0.15, 0.2) is 5.16 Å². The molecule has 0 saturated carbocycles. The number of carbonyl (C=O) groups excluding carboxylic acids is 1. The number of nitrogens with one attached hydrogen (secondary N) is 1. The maximum absolute atomic E-state index is 12.2. The second-order valence-electron chi connectivity index (χ2n) is 5.82. The summed E-state index contributed by atoms with van der Waals surface area (Å²) in [6.45, 7) is 0.781. The second kappa shape index (κ2) is 8.02. The quantitative estimate of drug-likeness (QED) is 0.733. The van der Waals surface area contributed by atoms with Crippen molar-refractivity contribution in [2.24, 2.45) is 0 Å². The minimum absolute atomic E-state index is 0.174. The molecule has 3 rings (SSSR count). The number of halogens is 3. The van der Waals surface area contributed by atoms with E-state index in [0.717, 1.165) is 37.7 Å². The van der Waals surface area contributed by atoms with Crippen molar-refractivity contribution in [3.63, 3.8) is 0 Å². The molecule has 11 heteroatoms. The molecule has 1 saturated heterocycles. The van der Waals surface area contributed by atoms with Gasteiger partial charge < -0.3 is 14.6 Å². The van der Waals surface area contributed by atoms with Crippen LogP contribution >= 0.6 is 11.8 Å². The third-order valence-electron chi connectivity index (χ3n) is 3.80. The Kier molecular flexibility index (Phi) is 5.74. The lowest BCUT2D eigenvalue weighted by Crippen LogP contribution is -2.34. The van der Waals surface area contributed by atoms with Crippen LogP contribution in [0.2, 0.25) is 0 Å². The zero-order valence-electron chi connectivity index (χ0n) is 13.8. The lowest BCUT2D eigenvalue weighted by Gasteiger charge is -2.17. The first-order valence-corrected chi connectivity index (χ1v) is 9.08. The molecule has 0 spiro atoms. The summed E-state index contributed by atoms with van der Waals surface area (Å²) < 4.78 is 43.7. The molecule has 0 aliphatic carbocycles. The van der Waals surface area contributed by atoms with Crippen molar-refractivity contribution in [2.75, 3.05) is 30.3 Å². The predicted molar refractivity (Wildman–Crippen MR) is 89.1 cm³/mol. The van der Waals surface area contributed by atoms with Crippen LogP contribution in [0.5, 0.6) is 0 Å². The van der Waals surface area contributed by atoms with Crippen LogP contribution in [0.1, 0.15) is 18.6 Å². The molecule has 0 unspecified atom stereocenters. The van der Waals surface area contributed by atoms with Gasteiger partial charge in [-0.05, 0) is 25.0 Å². The number of thioether (sulfide) groups is 1. The van der Waals surface area contributed by atoms with Crippen molar-refractivity contribution in [2.45, 2.75) is 30.7 Å². The van der Waals surface area contributed by atoms with E-state index in [1.54, 1.807) is 12.3 Å². The monoisotopic (exact) mass is 389 g/mol. The second-order valence-corrected chi connectivity index (χ2v) is 6.77. The van der Waals surface area contributed by atoms with Gasteiger partial charge in [0.05, 0.1) is 18.6 Å². The third kappa shape index (κ3) is 4.93. The summed E-state index contributed by atoms with van der Waals surface area (Å²) in [4.78, 5) is 13.7. The van der Waals surface area contributed by atoms with Gasteiger partial charge in [-0.2, -0.15) is 13.2 Å². The number of alkyl halides is 3. The first-order valence-electron chi connectivity index (χ1n) is 8.09. The third-order valence-corrected chi connectivity index (χ3v) is 4.77. The van der Waals surface area contributed by atoms with Gasteiger partial charge in [-0.15, -0.1) is 10.2 Å². The molecule has 0 bridgehead atoms. The van der Waals surface area contributed by atoms with Crippen LogP contribution in [0.3, 0.4) is 0 Å². The minimum Gasteiger partial charge on any atom is -0.467 e. The molecular formula is C15H18F3N5O2S. The summed E-state index contributed by atoms with van der Waals surface area (Å²) in [5.41, 5.74) is 0. The lowest BCUT2D eigenvalue weighted by atomic mass is 10.4. The molecule has 2 aromatic heterocycles. The number of aromatic nitrogens is 3. The Balaban J connectivity index is 1.68. The molecule has 1 aliphatic rings. The zero-order valence-corrected chi connectivity index (χ0v) is 14.6. The van der Waals surface area contributed by atoms with Crippen molar-refractivity contribution in [1.82, 2.24) is 20.1 Å². The van der Waals surface area contributed by atoms with Gasteiger partial charge in [-0.3, -0.25) is 9.36 Å². The fourth-order valence-corrected chi connectivity index (χ4v) is 3.38. The Hall–Kier alpha value is -2.17. The van der Waals surface area contributed by atoms with E-state index in [-0.39, 0.29) is 5.75 Å². The van der Waals surface area contributed by atoms with Gasteiger partial charge in [0.1, 0.15) is 12.3 Å². The Bertz CT molecular complexity index is 726. The molecule has 0 atom stereocenters. The van der Waals surface area contributed by atoms with Crippen molar-refractivity contribution in [3.05, 3.63) is 24.2 Å². The largest absolute Gasteiger partial charge is 0.467 e. The lowest BCUT2D eigenvalue weighted by molar-refractivity contribution is -0.136. The molecule has 0 aromatic carbocycles. The Morgan fingerprint density at radius 3 is 2.73 bits per heavy atom. The van der Waals surface area contributed by atoms with E-state index >= 15 is 0 Å². The topological polar surface area (TPSA) is 76.2 Å². The molecule has 1 aliphatic heterocycles. The standard InChI is InChI=1S/C15H18F3N5O2S/c16-15(17,18)10-19-12(24)9-26-14-21-20-13(22-5-1-2-6-22)23(14)8-11-4-3-7-25-11/h3-4,7H,1-2,5-6,8-10H2,(H,19,24). The van der Waals surface area contributed by atoms with Crippen molar-refractivity contribution >= 4 is 23.6 Å². The van der Waals surface area contributed by atoms with Crippen LogP contribution in [0, 0.1) is 0 Å². The molecule has 26 heavy (non-hydrogen) atoms. The van der Waals surface area contributed by atoms with Crippen LogP contribution in [0.25, 0.3) is 0 Å². The van der Waals surface area contributed by atoms with Crippen LogP contribution in [-0.4, -0.2) is 52.2 Å². The van der Waals surface area contributed by atoms with E-state index in [4.69, 9.17) is 4.42 Å². The highest BCUT2D eigenvalue weighted by Crippen LogP contribution is 2.26. The van der Waals surface area contributed by atoms with Crippen LogP contribution in [0.4, 0.5) is 19.1 Å². The summed E-state index contributed by atoms with van der Waals surface area (Å²) in [7, 11) is 0. The molecule has 0 radical (unpaired) electrons. The summed E-state index contributed by atoms with van der Waals surface area (Å²) in [5, 5.41) is 10.6. The number of hydrogen-bond acceptors (Lipinski definition) is 6. The normalized spacial score (nSPS) is 14.8. The summed E-state index contributed by atoms with van der Waals surface area (Å²) in [6.07, 6.45) is -0.735. The number of anilines is 1. The van der Waals surface area contributed by atoms with E-state index < -0.39 is 18.6 Å². The number of nitrogens with zero attached hydrogens (tertiary/aromatic N) is 4. The average molecular weight is 389 g/mol. The number of hydrogen-bond donors (Lipinski definition) is 1. The van der Waals surface area contributed by atoms with Gasteiger partial charge in [-0.25, -0.2) is 0 Å². The highest BCUT2D eigenvalue weighted by atomic mass is 32.2. The first-order chi connectivity index (χ1) is 12.4. The van der Waals surface area contributed by atoms with Crippen LogP contribution in [-0.2, 0) is 11.3 Å². The Morgan fingerprint density at radius 2 is 2.08 bits per heavy atom. The van der Waals surface area contributed by atoms with E-state index in [0.29, 0.717) is 23.4 Å². The Morgan fingerprint density at radius 1 is 1.31 bits per heavy atom. The highest BCUT2D eigenvalue weighted by Gasteiger charge is 2.28. The van der Waals surface area contributed by atoms with Crippen molar-refractivity contribution in [3.8, 4) is 0 Å².